The van der Waals surface area contributed by atoms with E-state index in [1.165, 1.54) is 6.92 Å². The summed E-state index contributed by atoms with van der Waals surface area (Å²) in [6.45, 7) is 5.22. The molecular weight excluding hydrogens is 256 g/mol. The Bertz CT molecular complexity index is 457. The van der Waals surface area contributed by atoms with Crippen molar-refractivity contribution in [2.75, 3.05) is 13.2 Å². The Kier molecular flexibility index (Phi) is 5.70. The highest BCUT2D eigenvalue weighted by atomic mass is 16.3. The second-order valence-electron chi connectivity index (χ2n) is 5.24. The number of nitrogens with one attached hydrogen (secondary N) is 1. The molecule has 0 atom stereocenters. The fraction of sp³-hybridized carbons (Fsp3) is 0.467. The van der Waals surface area contributed by atoms with Crippen molar-refractivity contribution in [1.82, 2.24) is 10.2 Å². The molecule has 1 aromatic rings. The van der Waals surface area contributed by atoms with Gasteiger partial charge in [-0.3, -0.25) is 9.59 Å². The van der Waals surface area contributed by atoms with Gasteiger partial charge in [0.05, 0.1) is 6.61 Å². The van der Waals surface area contributed by atoms with Crippen LogP contribution in [0.15, 0.2) is 30.3 Å². The lowest BCUT2D eigenvalue weighted by atomic mass is 10.0. The van der Waals surface area contributed by atoms with Gasteiger partial charge in [-0.1, -0.05) is 30.3 Å². The molecule has 0 saturated carbocycles. The van der Waals surface area contributed by atoms with Crippen LogP contribution < -0.4 is 5.32 Å². The van der Waals surface area contributed by atoms with Gasteiger partial charge in [0, 0.05) is 20.0 Å². The average Bonchev–Trinajstić information content (AvgIpc) is 2.37. The summed E-state index contributed by atoms with van der Waals surface area (Å²) in [5.74, 6) is -0.474. The number of amides is 2. The van der Waals surface area contributed by atoms with E-state index in [0.717, 1.165) is 5.56 Å². The van der Waals surface area contributed by atoms with Crippen LogP contribution in [0.3, 0.4) is 0 Å². The molecule has 0 heterocycles. The fourth-order valence-electron chi connectivity index (χ4n) is 2.07. The molecule has 5 nitrogen and oxygen atoms in total. The van der Waals surface area contributed by atoms with E-state index < -0.39 is 5.54 Å². The van der Waals surface area contributed by atoms with Crippen LogP contribution in [0.2, 0.25) is 0 Å². The van der Waals surface area contributed by atoms with Gasteiger partial charge in [0.15, 0.2) is 0 Å². The predicted octanol–water partition coefficient (Wildman–Crippen LogP) is 0.922. The zero-order valence-electron chi connectivity index (χ0n) is 12.2. The number of aliphatic hydroxyl groups is 1. The minimum atomic E-state index is -0.990. The molecule has 5 heteroatoms. The van der Waals surface area contributed by atoms with Crippen molar-refractivity contribution in [1.29, 1.82) is 0 Å². The Hall–Kier alpha value is -1.88. The first-order chi connectivity index (χ1) is 9.36. The second kappa shape index (κ2) is 7.05. The number of nitrogens with zero attached hydrogens (tertiary/aromatic N) is 1. The fourth-order valence-corrected chi connectivity index (χ4v) is 2.07. The molecule has 0 radical (unpaired) electrons. The number of aliphatic hydroxyl groups excluding tert-OH is 1. The molecule has 0 unspecified atom stereocenters. The van der Waals surface area contributed by atoms with Crippen LogP contribution in [0.1, 0.15) is 26.3 Å². The molecule has 0 aromatic heterocycles. The standard InChI is InChI=1S/C15H22N2O3/c1-12(19)16-15(2,3)14(20)17(9-10-18)11-13-7-5-4-6-8-13/h4-8,18H,9-11H2,1-3H3,(H,16,19). The van der Waals surface area contributed by atoms with Gasteiger partial charge in [0.1, 0.15) is 5.54 Å². The summed E-state index contributed by atoms with van der Waals surface area (Å²) in [6.07, 6.45) is 0. The molecule has 0 aliphatic carbocycles. The minimum Gasteiger partial charge on any atom is -0.395 e. The molecule has 0 spiro atoms. The van der Waals surface area contributed by atoms with Gasteiger partial charge in [-0.15, -0.1) is 0 Å². The Labute approximate surface area is 119 Å². The van der Waals surface area contributed by atoms with Crippen LogP contribution in [-0.4, -0.2) is 40.5 Å². The van der Waals surface area contributed by atoms with Gasteiger partial charge in [-0.2, -0.15) is 0 Å². The van der Waals surface area contributed by atoms with Gasteiger partial charge in [0.25, 0.3) is 0 Å². The number of benzene rings is 1. The van der Waals surface area contributed by atoms with Crippen molar-refractivity contribution in [3.63, 3.8) is 0 Å². The van der Waals surface area contributed by atoms with E-state index in [1.54, 1.807) is 18.7 Å². The van der Waals surface area contributed by atoms with Crippen LogP contribution in [0.25, 0.3) is 0 Å². The van der Waals surface area contributed by atoms with Gasteiger partial charge in [0.2, 0.25) is 11.8 Å². The first-order valence-corrected chi connectivity index (χ1v) is 6.59. The predicted molar refractivity (Wildman–Crippen MR) is 76.8 cm³/mol. The molecule has 0 saturated heterocycles. The normalized spacial score (nSPS) is 11.0. The lowest BCUT2D eigenvalue weighted by Gasteiger charge is -2.32. The maximum absolute atomic E-state index is 12.5. The zero-order chi connectivity index (χ0) is 15.2. The summed E-state index contributed by atoms with van der Waals surface area (Å²) in [5.41, 5.74) is -0.0107. The van der Waals surface area contributed by atoms with Crippen molar-refractivity contribution in [3.05, 3.63) is 35.9 Å². The third-order valence-electron chi connectivity index (χ3n) is 2.90. The molecule has 0 fully saturated rings. The van der Waals surface area contributed by atoms with E-state index in [2.05, 4.69) is 5.32 Å². The monoisotopic (exact) mass is 278 g/mol. The molecule has 0 aliphatic rings. The topological polar surface area (TPSA) is 69.6 Å². The number of hydrogen-bond donors (Lipinski definition) is 2. The highest BCUT2D eigenvalue weighted by Gasteiger charge is 2.32. The molecule has 1 rings (SSSR count). The van der Waals surface area contributed by atoms with Crippen molar-refractivity contribution < 1.29 is 14.7 Å². The Morgan fingerprint density at radius 3 is 2.35 bits per heavy atom. The van der Waals surface area contributed by atoms with Crippen molar-refractivity contribution in [2.45, 2.75) is 32.9 Å². The van der Waals surface area contributed by atoms with E-state index in [4.69, 9.17) is 5.11 Å². The first-order valence-electron chi connectivity index (χ1n) is 6.59. The van der Waals surface area contributed by atoms with Gasteiger partial charge in [-0.25, -0.2) is 0 Å². The molecule has 2 amide bonds. The first kappa shape index (κ1) is 16.2. The number of hydrogen-bond acceptors (Lipinski definition) is 3. The van der Waals surface area contributed by atoms with E-state index in [9.17, 15) is 9.59 Å². The Balaban J connectivity index is 2.84. The van der Waals surface area contributed by atoms with Crippen LogP contribution in [0.4, 0.5) is 0 Å². The lowest BCUT2D eigenvalue weighted by molar-refractivity contribution is -0.141. The molecule has 0 aliphatic heterocycles. The Morgan fingerprint density at radius 2 is 1.85 bits per heavy atom. The molecule has 1 aromatic carbocycles. The third-order valence-corrected chi connectivity index (χ3v) is 2.90. The van der Waals surface area contributed by atoms with Crippen LogP contribution in [0, 0.1) is 0 Å². The van der Waals surface area contributed by atoms with Crippen molar-refractivity contribution >= 4 is 11.8 Å². The van der Waals surface area contributed by atoms with E-state index in [1.807, 2.05) is 30.3 Å². The van der Waals surface area contributed by atoms with E-state index in [0.29, 0.717) is 6.54 Å². The highest BCUT2D eigenvalue weighted by molar-refractivity contribution is 5.90. The quantitative estimate of drug-likeness (QED) is 0.813. The third kappa shape index (κ3) is 4.66. The highest BCUT2D eigenvalue weighted by Crippen LogP contribution is 2.12. The summed E-state index contributed by atoms with van der Waals surface area (Å²) >= 11 is 0. The number of carbonyl (C=O) groups is 2. The van der Waals surface area contributed by atoms with Gasteiger partial charge in [-0.05, 0) is 19.4 Å². The molecular formula is C15H22N2O3. The number of carbonyl (C=O) groups excluding carboxylic acids is 2. The smallest absolute Gasteiger partial charge is 0.248 e. The molecule has 20 heavy (non-hydrogen) atoms. The summed E-state index contributed by atoms with van der Waals surface area (Å²) in [5, 5.41) is 11.8. The average molecular weight is 278 g/mol. The maximum atomic E-state index is 12.5. The van der Waals surface area contributed by atoms with Gasteiger partial charge >= 0.3 is 0 Å². The zero-order valence-corrected chi connectivity index (χ0v) is 12.2. The molecule has 110 valence electrons. The second-order valence-corrected chi connectivity index (χ2v) is 5.24. The largest absolute Gasteiger partial charge is 0.395 e. The summed E-state index contributed by atoms with van der Waals surface area (Å²) in [6, 6.07) is 9.54. The molecule has 0 bridgehead atoms. The van der Waals surface area contributed by atoms with Crippen molar-refractivity contribution in [2.24, 2.45) is 0 Å². The summed E-state index contributed by atoms with van der Waals surface area (Å²) < 4.78 is 0. The van der Waals surface area contributed by atoms with Crippen LogP contribution in [0.5, 0.6) is 0 Å². The number of rotatable bonds is 6. The summed E-state index contributed by atoms with van der Waals surface area (Å²) in [7, 11) is 0. The van der Waals surface area contributed by atoms with E-state index in [-0.39, 0.29) is 25.0 Å². The minimum absolute atomic E-state index is 0.116. The van der Waals surface area contributed by atoms with E-state index >= 15 is 0 Å². The summed E-state index contributed by atoms with van der Waals surface area (Å²) in [4.78, 5) is 25.2. The Morgan fingerprint density at radius 1 is 1.25 bits per heavy atom. The van der Waals surface area contributed by atoms with Crippen molar-refractivity contribution in [3.8, 4) is 0 Å². The maximum Gasteiger partial charge on any atom is 0.248 e. The van der Waals surface area contributed by atoms with Crippen LogP contribution >= 0.6 is 0 Å². The van der Waals surface area contributed by atoms with Gasteiger partial charge < -0.3 is 15.3 Å². The lowest BCUT2D eigenvalue weighted by Crippen LogP contribution is -2.55. The SMILES string of the molecule is CC(=O)NC(C)(C)C(=O)N(CCO)Cc1ccccc1. The van der Waals surface area contributed by atoms with Crippen LogP contribution in [-0.2, 0) is 16.1 Å². The molecule has 2 N–H and O–H groups in total.